The van der Waals surface area contributed by atoms with E-state index in [-0.39, 0.29) is 11.3 Å². The Morgan fingerprint density at radius 3 is 2.57 bits per heavy atom. The molecule has 0 aliphatic carbocycles. The van der Waals surface area contributed by atoms with Gasteiger partial charge in [0.05, 0.1) is 17.2 Å². The highest BCUT2D eigenvalue weighted by Gasteiger charge is 2.06. The number of hydrogen-bond donors (Lipinski definition) is 1. The van der Waals surface area contributed by atoms with Gasteiger partial charge in [-0.3, -0.25) is 0 Å². The molecule has 0 radical (unpaired) electrons. The maximum absolute atomic E-state index is 10.4. The molecule has 1 aromatic carbocycles. The minimum absolute atomic E-state index is 0.0546. The molecular formula is C9H5N3O2. The average Bonchev–Trinajstić information content (AvgIpc) is 2.17. The molecule has 0 heterocycles. The fourth-order valence-corrected chi connectivity index (χ4v) is 0.884. The van der Waals surface area contributed by atoms with Crippen LogP contribution < -0.4 is 10.5 Å². The van der Waals surface area contributed by atoms with Crippen molar-refractivity contribution < 1.29 is 9.53 Å². The van der Waals surface area contributed by atoms with Gasteiger partial charge in [0, 0.05) is 0 Å². The van der Waals surface area contributed by atoms with Gasteiger partial charge in [-0.2, -0.15) is 10.5 Å². The van der Waals surface area contributed by atoms with E-state index in [1.54, 1.807) is 6.07 Å². The van der Waals surface area contributed by atoms with Crippen LogP contribution in [0.3, 0.4) is 0 Å². The molecule has 0 atom stereocenters. The molecule has 0 spiro atoms. The van der Waals surface area contributed by atoms with Crippen molar-refractivity contribution in [2.24, 2.45) is 5.73 Å². The van der Waals surface area contributed by atoms with Crippen molar-refractivity contribution in [1.29, 1.82) is 10.5 Å². The molecule has 0 aromatic heterocycles. The second kappa shape index (κ2) is 3.92. The van der Waals surface area contributed by atoms with E-state index >= 15 is 0 Å². The number of nitriles is 2. The van der Waals surface area contributed by atoms with E-state index in [0.717, 1.165) is 0 Å². The number of nitrogens with zero attached hydrogens (tertiary/aromatic N) is 2. The molecule has 0 fully saturated rings. The smallest absolute Gasteiger partial charge is 0.409 e. The fraction of sp³-hybridized carbons (Fsp3) is 0. The zero-order chi connectivity index (χ0) is 10.6. The summed E-state index contributed by atoms with van der Waals surface area (Å²) in [5.41, 5.74) is 5.20. The molecule has 2 N–H and O–H groups in total. The molecule has 1 rings (SSSR count). The van der Waals surface area contributed by atoms with Crippen molar-refractivity contribution in [1.82, 2.24) is 0 Å². The molecule has 5 heteroatoms. The van der Waals surface area contributed by atoms with Gasteiger partial charge in [0.25, 0.3) is 0 Å². The minimum atomic E-state index is -0.994. The van der Waals surface area contributed by atoms with Gasteiger partial charge in [0.15, 0.2) is 5.75 Å². The fourth-order valence-electron chi connectivity index (χ4n) is 0.884. The Kier molecular flexibility index (Phi) is 2.68. The third kappa shape index (κ3) is 1.99. The summed E-state index contributed by atoms with van der Waals surface area (Å²) >= 11 is 0. The van der Waals surface area contributed by atoms with Crippen molar-refractivity contribution in [3.8, 4) is 17.9 Å². The first-order valence-corrected chi connectivity index (χ1v) is 3.59. The van der Waals surface area contributed by atoms with Gasteiger partial charge in [0.1, 0.15) is 6.07 Å². The van der Waals surface area contributed by atoms with E-state index in [1.807, 2.05) is 6.07 Å². The first-order valence-electron chi connectivity index (χ1n) is 3.59. The Morgan fingerprint density at radius 2 is 2.07 bits per heavy atom. The highest BCUT2D eigenvalue weighted by molar-refractivity contribution is 5.69. The monoisotopic (exact) mass is 187 g/mol. The first kappa shape index (κ1) is 9.56. The lowest BCUT2D eigenvalue weighted by Gasteiger charge is -2.02. The number of benzene rings is 1. The van der Waals surface area contributed by atoms with Crippen LogP contribution in [0.25, 0.3) is 0 Å². The van der Waals surface area contributed by atoms with Crippen LogP contribution in [0.4, 0.5) is 4.79 Å². The third-order valence-electron chi connectivity index (χ3n) is 1.44. The Morgan fingerprint density at radius 1 is 1.36 bits per heavy atom. The Hall–Kier alpha value is -2.53. The Labute approximate surface area is 79.9 Å². The van der Waals surface area contributed by atoms with Crippen LogP contribution in [0.15, 0.2) is 18.2 Å². The number of amides is 1. The lowest BCUT2D eigenvalue weighted by molar-refractivity contribution is 0.210. The van der Waals surface area contributed by atoms with E-state index in [9.17, 15) is 4.79 Å². The maximum Gasteiger partial charge on any atom is 0.410 e. The van der Waals surface area contributed by atoms with Crippen LogP contribution in [0.5, 0.6) is 5.75 Å². The largest absolute Gasteiger partial charge is 0.410 e. The summed E-state index contributed by atoms with van der Waals surface area (Å²) in [4.78, 5) is 10.4. The average molecular weight is 187 g/mol. The lowest BCUT2D eigenvalue weighted by atomic mass is 10.1. The summed E-state index contributed by atoms with van der Waals surface area (Å²) in [5, 5.41) is 17.2. The molecular weight excluding hydrogens is 182 g/mol. The van der Waals surface area contributed by atoms with Crippen molar-refractivity contribution in [2.75, 3.05) is 0 Å². The van der Waals surface area contributed by atoms with Gasteiger partial charge in [0.2, 0.25) is 0 Å². The van der Waals surface area contributed by atoms with E-state index in [0.29, 0.717) is 5.56 Å². The number of carbonyl (C=O) groups excluding carboxylic acids is 1. The van der Waals surface area contributed by atoms with Crippen molar-refractivity contribution in [2.45, 2.75) is 0 Å². The van der Waals surface area contributed by atoms with Crippen LogP contribution in [-0.2, 0) is 0 Å². The molecule has 0 saturated carbocycles. The predicted molar refractivity (Wildman–Crippen MR) is 46.1 cm³/mol. The molecule has 0 aliphatic heterocycles. The number of ether oxygens (including phenoxy) is 1. The third-order valence-corrected chi connectivity index (χ3v) is 1.44. The Balaban J connectivity index is 3.15. The van der Waals surface area contributed by atoms with Crippen LogP contribution in [0.2, 0.25) is 0 Å². The molecule has 68 valence electrons. The summed E-state index contributed by atoms with van der Waals surface area (Å²) in [6.45, 7) is 0. The van der Waals surface area contributed by atoms with Crippen LogP contribution >= 0.6 is 0 Å². The summed E-state index contributed by atoms with van der Waals surface area (Å²) in [7, 11) is 0. The number of rotatable bonds is 1. The van der Waals surface area contributed by atoms with Crippen molar-refractivity contribution in [3.05, 3.63) is 29.3 Å². The zero-order valence-electron chi connectivity index (χ0n) is 7.02. The molecule has 0 saturated heterocycles. The predicted octanol–water partition coefficient (Wildman–Crippen LogP) is 0.887. The normalized spacial score (nSPS) is 8.43. The summed E-state index contributed by atoms with van der Waals surface area (Å²) in [6.07, 6.45) is -0.994. The molecule has 0 unspecified atom stereocenters. The molecule has 1 aromatic rings. The lowest BCUT2D eigenvalue weighted by Crippen LogP contribution is -2.16. The van der Waals surface area contributed by atoms with E-state index in [2.05, 4.69) is 4.74 Å². The highest BCUT2D eigenvalue weighted by Crippen LogP contribution is 2.18. The number of nitrogens with two attached hydrogens (primary N) is 1. The van der Waals surface area contributed by atoms with Gasteiger partial charge in [-0.05, 0) is 18.2 Å². The molecule has 5 nitrogen and oxygen atoms in total. The van der Waals surface area contributed by atoms with E-state index < -0.39 is 6.09 Å². The van der Waals surface area contributed by atoms with E-state index in [4.69, 9.17) is 16.3 Å². The van der Waals surface area contributed by atoms with Crippen LogP contribution in [0.1, 0.15) is 11.1 Å². The topological polar surface area (TPSA) is 99.9 Å². The summed E-state index contributed by atoms with van der Waals surface area (Å²) in [6, 6.07) is 7.75. The van der Waals surface area contributed by atoms with Gasteiger partial charge in [-0.1, -0.05) is 0 Å². The van der Waals surface area contributed by atoms with E-state index in [1.165, 1.54) is 18.2 Å². The molecule has 0 bridgehead atoms. The number of carbonyl (C=O) groups is 1. The van der Waals surface area contributed by atoms with Crippen molar-refractivity contribution in [3.63, 3.8) is 0 Å². The van der Waals surface area contributed by atoms with Gasteiger partial charge < -0.3 is 10.5 Å². The molecule has 1 amide bonds. The highest BCUT2D eigenvalue weighted by atomic mass is 16.5. The van der Waals surface area contributed by atoms with Crippen LogP contribution in [0, 0.1) is 22.7 Å². The molecule has 14 heavy (non-hydrogen) atoms. The van der Waals surface area contributed by atoms with Crippen molar-refractivity contribution >= 4 is 6.09 Å². The van der Waals surface area contributed by atoms with Gasteiger partial charge in [-0.15, -0.1) is 0 Å². The zero-order valence-corrected chi connectivity index (χ0v) is 7.02. The molecule has 0 aliphatic rings. The second-order valence-electron chi connectivity index (χ2n) is 2.36. The number of hydrogen-bond acceptors (Lipinski definition) is 4. The van der Waals surface area contributed by atoms with Gasteiger partial charge >= 0.3 is 6.09 Å². The Bertz CT molecular complexity index is 454. The van der Waals surface area contributed by atoms with Crippen LogP contribution in [-0.4, -0.2) is 6.09 Å². The summed E-state index contributed by atoms with van der Waals surface area (Å²) in [5.74, 6) is 0.0546. The van der Waals surface area contributed by atoms with Gasteiger partial charge in [-0.25, -0.2) is 4.79 Å². The second-order valence-corrected chi connectivity index (χ2v) is 2.36. The number of primary amides is 1. The maximum atomic E-state index is 10.4. The standard InChI is InChI=1S/C9H5N3O2/c10-4-6-1-2-8(14-9(12)13)7(3-6)5-11/h1-3H,(H2,12,13). The summed E-state index contributed by atoms with van der Waals surface area (Å²) < 4.78 is 4.54. The quantitative estimate of drug-likeness (QED) is 0.705. The first-order chi connectivity index (χ1) is 6.67. The minimum Gasteiger partial charge on any atom is -0.409 e. The SMILES string of the molecule is N#Cc1ccc(OC(N)=O)c(C#N)c1.